The standard InChI is InChI=1S/C15H23ClN2O2/c1-12(19)14-11-13(16)3-4-15(14)20-10-9-18-7-5-17(2)6-8-18/h3-4,11-12,19H,5-10H2,1-2H3/t12-/m0/s1. The van der Waals surface area contributed by atoms with Gasteiger partial charge in [0.15, 0.2) is 0 Å². The molecule has 0 aromatic heterocycles. The fourth-order valence-electron chi connectivity index (χ4n) is 2.33. The zero-order valence-corrected chi connectivity index (χ0v) is 12.9. The highest BCUT2D eigenvalue weighted by Crippen LogP contribution is 2.28. The van der Waals surface area contributed by atoms with Gasteiger partial charge in [-0.05, 0) is 32.2 Å². The predicted molar refractivity (Wildman–Crippen MR) is 81.5 cm³/mol. The number of halogens is 1. The van der Waals surface area contributed by atoms with Crippen LogP contribution in [0.1, 0.15) is 18.6 Å². The summed E-state index contributed by atoms with van der Waals surface area (Å²) in [5.74, 6) is 0.721. The molecule has 0 aliphatic carbocycles. The highest BCUT2D eigenvalue weighted by atomic mass is 35.5. The van der Waals surface area contributed by atoms with Gasteiger partial charge in [0.05, 0.1) is 6.10 Å². The van der Waals surface area contributed by atoms with Crippen LogP contribution in [0.2, 0.25) is 5.02 Å². The van der Waals surface area contributed by atoms with Crippen molar-refractivity contribution in [1.29, 1.82) is 0 Å². The van der Waals surface area contributed by atoms with Crippen molar-refractivity contribution in [3.8, 4) is 5.75 Å². The molecule has 1 fully saturated rings. The summed E-state index contributed by atoms with van der Waals surface area (Å²) in [7, 11) is 2.15. The van der Waals surface area contributed by atoms with Crippen molar-refractivity contribution in [1.82, 2.24) is 9.80 Å². The molecule has 112 valence electrons. The van der Waals surface area contributed by atoms with E-state index >= 15 is 0 Å². The van der Waals surface area contributed by atoms with Gasteiger partial charge < -0.3 is 14.7 Å². The quantitative estimate of drug-likeness (QED) is 0.902. The predicted octanol–water partition coefficient (Wildman–Crippen LogP) is 2.02. The van der Waals surface area contributed by atoms with Gasteiger partial charge in [0.25, 0.3) is 0 Å². The zero-order chi connectivity index (χ0) is 14.5. The first-order chi connectivity index (χ1) is 9.56. The minimum Gasteiger partial charge on any atom is -0.492 e. The van der Waals surface area contributed by atoms with Gasteiger partial charge in [-0.15, -0.1) is 0 Å². The second kappa shape index (κ2) is 7.27. The van der Waals surface area contributed by atoms with Crippen molar-refractivity contribution >= 4 is 11.6 Å². The van der Waals surface area contributed by atoms with Crippen molar-refractivity contribution in [3.63, 3.8) is 0 Å². The van der Waals surface area contributed by atoms with Gasteiger partial charge in [0.1, 0.15) is 12.4 Å². The van der Waals surface area contributed by atoms with Crippen LogP contribution >= 0.6 is 11.6 Å². The average Bonchev–Trinajstić information content (AvgIpc) is 2.42. The second-order valence-corrected chi connectivity index (χ2v) is 5.79. The highest BCUT2D eigenvalue weighted by molar-refractivity contribution is 6.30. The number of aliphatic hydroxyl groups excluding tert-OH is 1. The Balaban J connectivity index is 1.85. The Morgan fingerprint density at radius 2 is 2.00 bits per heavy atom. The summed E-state index contributed by atoms with van der Waals surface area (Å²) in [5.41, 5.74) is 0.746. The molecule has 5 heteroatoms. The van der Waals surface area contributed by atoms with Crippen LogP contribution in [0.3, 0.4) is 0 Å². The van der Waals surface area contributed by atoms with Crippen LogP contribution in [0.15, 0.2) is 18.2 Å². The molecule has 1 N–H and O–H groups in total. The van der Waals surface area contributed by atoms with Gasteiger partial charge in [-0.1, -0.05) is 11.6 Å². The number of nitrogens with zero attached hydrogens (tertiary/aromatic N) is 2. The van der Waals surface area contributed by atoms with Crippen molar-refractivity contribution in [2.75, 3.05) is 46.4 Å². The maximum absolute atomic E-state index is 9.75. The Labute approximate surface area is 125 Å². The lowest BCUT2D eigenvalue weighted by Crippen LogP contribution is -2.45. The molecule has 0 bridgehead atoms. The highest BCUT2D eigenvalue weighted by Gasteiger charge is 2.14. The molecule has 4 nitrogen and oxygen atoms in total. The number of benzene rings is 1. The number of likely N-dealkylation sites (N-methyl/N-ethyl adjacent to an activating group) is 1. The third-order valence-electron chi connectivity index (χ3n) is 3.68. The normalized spacial score (nSPS) is 19.0. The first-order valence-electron chi connectivity index (χ1n) is 7.07. The maximum atomic E-state index is 9.75. The van der Waals surface area contributed by atoms with Gasteiger partial charge in [0.2, 0.25) is 0 Å². The topological polar surface area (TPSA) is 35.9 Å². The fourth-order valence-corrected chi connectivity index (χ4v) is 2.51. The van der Waals surface area contributed by atoms with Crippen LogP contribution in [0.5, 0.6) is 5.75 Å². The molecule has 1 aliphatic rings. The molecule has 2 rings (SSSR count). The summed E-state index contributed by atoms with van der Waals surface area (Å²) >= 11 is 5.95. The molecule has 1 aromatic rings. The van der Waals surface area contributed by atoms with Crippen LogP contribution in [-0.4, -0.2) is 61.3 Å². The van der Waals surface area contributed by atoms with E-state index in [-0.39, 0.29) is 0 Å². The van der Waals surface area contributed by atoms with Crippen molar-refractivity contribution in [3.05, 3.63) is 28.8 Å². The SMILES string of the molecule is C[C@H](O)c1cc(Cl)ccc1OCCN1CCN(C)CC1. The molecule has 0 spiro atoms. The molecule has 1 heterocycles. The molecule has 1 saturated heterocycles. The van der Waals surface area contributed by atoms with Gasteiger partial charge in [0, 0.05) is 43.3 Å². The Kier molecular flexibility index (Phi) is 5.66. The van der Waals surface area contributed by atoms with Crippen molar-refractivity contribution < 1.29 is 9.84 Å². The number of rotatable bonds is 5. The second-order valence-electron chi connectivity index (χ2n) is 5.35. The van der Waals surface area contributed by atoms with Crippen LogP contribution in [-0.2, 0) is 0 Å². The van der Waals surface area contributed by atoms with E-state index in [9.17, 15) is 5.11 Å². The van der Waals surface area contributed by atoms with E-state index in [1.54, 1.807) is 19.1 Å². The van der Waals surface area contributed by atoms with Crippen LogP contribution in [0.25, 0.3) is 0 Å². The summed E-state index contributed by atoms with van der Waals surface area (Å²) < 4.78 is 5.81. The Morgan fingerprint density at radius 3 is 2.65 bits per heavy atom. The summed E-state index contributed by atoms with van der Waals surface area (Å²) in [6.07, 6.45) is -0.577. The van der Waals surface area contributed by atoms with Crippen molar-refractivity contribution in [2.45, 2.75) is 13.0 Å². The monoisotopic (exact) mass is 298 g/mol. The number of hydrogen-bond acceptors (Lipinski definition) is 4. The maximum Gasteiger partial charge on any atom is 0.125 e. The average molecular weight is 299 g/mol. The van der Waals surface area contributed by atoms with E-state index < -0.39 is 6.10 Å². The minimum atomic E-state index is -0.577. The van der Waals surface area contributed by atoms with Crippen LogP contribution < -0.4 is 4.74 Å². The largest absolute Gasteiger partial charge is 0.492 e. The zero-order valence-electron chi connectivity index (χ0n) is 12.2. The van der Waals surface area contributed by atoms with E-state index in [0.717, 1.165) is 44.0 Å². The number of hydrogen-bond donors (Lipinski definition) is 1. The van der Waals surface area contributed by atoms with Gasteiger partial charge >= 0.3 is 0 Å². The molecule has 0 unspecified atom stereocenters. The molecule has 0 saturated carbocycles. The lowest BCUT2D eigenvalue weighted by Gasteiger charge is -2.32. The summed E-state index contributed by atoms with van der Waals surface area (Å²) in [5, 5.41) is 10.4. The Morgan fingerprint density at radius 1 is 1.30 bits per heavy atom. The van der Waals surface area contributed by atoms with E-state index in [4.69, 9.17) is 16.3 Å². The van der Waals surface area contributed by atoms with Gasteiger partial charge in [-0.25, -0.2) is 0 Å². The van der Waals surface area contributed by atoms with Crippen LogP contribution in [0.4, 0.5) is 0 Å². The number of piperazine rings is 1. The Bertz CT molecular complexity index is 432. The summed E-state index contributed by atoms with van der Waals surface area (Å²) in [6.45, 7) is 7.66. The summed E-state index contributed by atoms with van der Waals surface area (Å²) in [6, 6.07) is 5.38. The van der Waals surface area contributed by atoms with E-state index in [0.29, 0.717) is 11.6 Å². The minimum absolute atomic E-state index is 0.577. The van der Waals surface area contributed by atoms with Crippen LogP contribution in [0, 0.1) is 0 Å². The molecule has 1 atom stereocenters. The molecular weight excluding hydrogens is 276 g/mol. The third kappa shape index (κ3) is 4.35. The smallest absolute Gasteiger partial charge is 0.125 e. The van der Waals surface area contributed by atoms with E-state index in [1.807, 2.05) is 6.07 Å². The van der Waals surface area contributed by atoms with Gasteiger partial charge in [-0.2, -0.15) is 0 Å². The van der Waals surface area contributed by atoms with Gasteiger partial charge in [-0.3, -0.25) is 4.90 Å². The molecule has 1 aliphatic heterocycles. The Hall–Kier alpha value is -0.810. The molecule has 0 amide bonds. The molecule has 0 radical (unpaired) electrons. The summed E-state index contributed by atoms with van der Waals surface area (Å²) in [4.78, 5) is 4.74. The third-order valence-corrected chi connectivity index (χ3v) is 3.92. The number of aliphatic hydroxyl groups is 1. The number of ether oxygens (including phenoxy) is 1. The molecular formula is C15H23ClN2O2. The van der Waals surface area contributed by atoms with Crippen molar-refractivity contribution in [2.24, 2.45) is 0 Å². The van der Waals surface area contributed by atoms with E-state index in [1.165, 1.54) is 0 Å². The molecule has 1 aromatic carbocycles. The molecule has 20 heavy (non-hydrogen) atoms. The first kappa shape index (κ1) is 15.6. The lowest BCUT2D eigenvalue weighted by atomic mass is 10.1. The lowest BCUT2D eigenvalue weighted by molar-refractivity contribution is 0.131. The fraction of sp³-hybridized carbons (Fsp3) is 0.600. The first-order valence-corrected chi connectivity index (χ1v) is 7.45. The van der Waals surface area contributed by atoms with E-state index in [2.05, 4.69) is 16.8 Å².